The van der Waals surface area contributed by atoms with Gasteiger partial charge in [-0.15, -0.1) is 10.2 Å². The highest BCUT2D eigenvalue weighted by atomic mass is 32.2. The summed E-state index contributed by atoms with van der Waals surface area (Å²) in [6, 6.07) is 11.1. The maximum Gasteiger partial charge on any atom is 0.257 e. The van der Waals surface area contributed by atoms with E-state index in [1.54, 1.807) is 32.4 Å². The van der Waals surface area contributed by atoms with Crippen LogP contribution in [0.3, 0.4) is 0 Å². The molecule has 4 rings (SSSR count). The first-order chi connectivity index (χ1) is 15.9. The SMILES string of the molecule is COc1ccc(-c2nnc(NC(=O)c3ccc(S(=O)(=O)N4CCOCC4)cc3)s2)c(OC)c1. The third-order valence-electron chi connectivity index (χ3n) is 5.01. The van der Waals surface area contributed by atoms with Gasteiger partial charge >= 0.3 is 0 Å². The molecule has 1 aromatic heterocycles. The summed E-state index contributed by atoms with van der Waals surface area (Å²) in [7, 11) is -0.508. The van der Waals surface area contributed by atoms with Crippen molar-refractivity contribution in [2.45, 2.75) is 4.90 Å². The third kappa shape index (κ3) is 4.98. The average molecular weight is 491 g/mol. The molecule has 12 heteroatoms. The first-order valence-electron chi connectivity index (χ1n) is 9.97. The quantitative estimate of drug-likeness (QED) is 0.536. The van der Waals surface area contributed by atoms with Crippen molar-refractivity contribution in [1.29, 1.82) is 0 Å². The molecule has 33 heavy (non-hydrogen) atoms. The Kier molecular flexibility index (Phi) is 6.88. The predicted molar refractivity (Wildman–Crippen MR) is 122 cm³/mol. The summed E-state index contributed by atoms with van der Waals surface area (Å²) in [4.78, 5) is 12.8. The number of methoxy groups -OCH3 is 2. The number of amides is 1. The van der Waals surface area contributed by atoms with Gasteiger partial charge in [-0.3, -0.25) is 10.1 Å². The summed E-state index contributed by atoms with van der Waals surface area (Å²) in [5, 5.41) is 11.7. The fourth-order valence-corrected chi connectivity index (χ4v) is 5.42. The largest absolute Gasteiger partial charge is 0.497 e. The lowest BCUT2D eigenvalue weighted by Gasteiger charge is -2.26. The van der Waals surface area contributed by atoms with Gasteiger partial charge in [-0.05, 0) is 36.4 Å². The third-order valence-corrected chi connectivity index (χ3v) is 7.79. The number of nitrogens with zero attached hydrogens (tertiary/aromatic N) is 3. The minimum atomic E-state index is -3.62. The Balaban J connectivity index is 1.47. The smallest absolute Gasteiger partial charge is 0.257 e. The second-order valence-corrected chi connectivity index (χ2v) is 9.89. The minimum absolute atomic E-state index is 0.130. The number of morpholine rings is 1. The first-order valence-corrected chi connectivity index (χ1v) is 12.2. The van der Waals surface area contributed by atoms with Crippen LogP contribution in [0.4, 0.5) is 5.13 Å². The van der Waals surface area contributed by atoms with Crippen molar-refractivity contribution in [3.8, 4) is 22.1 Å². The average Bonchev–Trinajstić information content (AvgIpc) is 3.32. The number of carbonyl (C=O) groups excluding carboxylic acids is 1. The Hall–Kier alpha value is -3.06. The Labute approximate surface area is 195 Å². The molecule has 1 saturated heterocycles. The number of carbonyl (C=O) groups is 1. The molecule has 0 atom stereocenters. The van der Waals surface area contributed by atoms with Gasteiger partial charge in [-0.2, -0.15) is 4.31 Å². The molecule has 0 bridgehead atoms. The number of hydrogen-bond acceptors (Lipinski definition) is 9. The van der Waals surface area contributed by atoms with Crippen LogP contribution in [0.1, 0.15) is 10.4 Å². The van der Waals surface area contributed by atoms with E-state index >= 15 is 0 Å². The van der Waals surface area contributed by atoms with Gasteiger partial charge in [0, 0.05) is 24.7 Å². The second-order valence-electron chi connectivity index (χ2n) is 6.97. The Bertz CT molecular complexity index is 1240. The molecule has 1 fully saturated rings. The monoisotopic (exact) mass is 490 g/mol. The first kappa shape index (κ1) is 23.1. The maximum atomic E-state index is 12.7. The summed E-state index contributed by atoms with van der Waals surface area (Å²) in [6.07, 6.45) is 0. The van der Waals surface area contributed by atoms with E-state index in [0.29, 0.717) is 59.1 Å². The van der Waals surface area contributed by atoms with Gasteiger partial charge in [0.05, 0.1) is 37.9 Å². The number of anilines is 1. The minimum Gasteiger partial charge on any atom is -0.497 e. The summed E-state index contributed by atoms with van der Waals surface area (Å²) in [5.41, 5.74) is 1.02. The van der Waals surface area contributed by atoms with Crippen LogP contribution in [0.25, 0.3) is 10.6 Å². The number of rotatable bonds is 7. The van der Waals surface area contributed by atoms with E-state index in [0.717, 1.165) is 0 Å². The zero-order valence-corrected chi connectivity index (χ0v) is 19.6. The van der Waals surface area contributed by atoms with E-state index in [1.807, 2.05) is 0 Å². The van der Waals surface area contributed by atoms with Crippen LogP contribution in [-0.4, -0.2) is 69.4 Å². The maximum absolute atomic E-state index is 12.7. The van der Waals surface area contributed by atoms with E-state index in [-0.39, 0.29) is 4.90 Å². The number of ether oxygens (including phenoxy) is 3. The van der Waals surface area contributed by atoms with Crippen LogP contribution in [0.2, 0.25) is 0 Å². The van der Waals surface area contributed by atoms with E-state index in [1.165, 1.54) is 39.9 Å². The van der Waals surface area contributed by atoms with Crippen molar-refractivity contribution in [3.05, 3.63) is 48.0 Å². The van der Waals surface area contributed by atoms with Gasteiger partial charge in [0.1, 0.15) is 11.5 Å². The molecule has 0 saturated carbocycles. The van der Waals surface area contributed by atoms with Crippen molar-refractivity contribution >= 4 is 32.4 Å². The van der Waals surface area contributed by atoms with Crippen molar-refractivity contribution in [2.24, 2.45) is 0 Å². The summed E-state index contributed by atoms with van der Waals surface area (Å²) in [5.74, 6) is 0.794. The van der Waals surface area contributed by atoms with Gasteiger partial charge in [0.2, 0.25) is 15.2 Å². The second kappa shape index (κ2) is 9.83. The van der Waals surface area contributed by atoms with Crippen LogP contribution >= 0.6 is 11.3 Å². The van der Waals surface area contributed by atoms with Crippen LogP contribution in [0.5, 0.6) is 11.5 Å². The van der Waals surface area contributed by atoms with E-state index in [9.17, 15) is 13.2 Å². The van der Waals surface area contributed by atoms with Gasteiger partial charge in [0.15, 0.2) is 5.01 Å². The van der Waals surface area contributed by atoms with Gasteiger partial charge in [0.25, 0.3) is 5.91 Å². The van der Waals surface area contributed by atoms with Gasteiger partial charge in [-0.1, -0.05) is 11.3 Å². The number of aromatic nitrogens is 2. The predicted octanol–water partition coefficient (Wildman–Crippen LogP) is 2.50. The molecule has 0 unspecified atom stereocenters. The number of benzene rings is 2. The molecule has 0 radical (unpaired) electrons. The highest BCUT2D eigenvalue weighted by molar-refractivity contribution is 7.89. The molecule has 3 aromatic rings. The number of hydrogen-bond donors (Lipinski definition) is 1. The standard InChI is InChI=1S/C21H22N4O6S2/c1-29-15-5-8-17(18(13-15)30-2)20-23-24-21(32-20)22-19(26)14-3-6-16(7-4-14)33(27,28)25-9-11-31-12-10-25/h3-8,13H,9-12H2,1-2H3,(H,22,24,26). The highest BCUT2D eigenvalue weighted by Gasteiger charge is 2.26. The molecular weight excluding hydrogens is 468 g/mol. The lowest BCUT2D eigenvalue weighted by Crippen LogP contribution is -2.40. The summed E-state index contributed by atoms with van der Waals surface area (Å²) in [6.45, 7) is 1.35. The van der Waals surface area contributed by atoms with E-state index in [4.69, 9.17) is 14.2 Å². The van der Waals surface area contributed by atoms with E-state index < -0.39 is 15.9 Å². The molecule has 0 spiro atoms. The molecule has 1 aliphatic heterocycles. The topological polar surface area (TPSA) is 120 Å². The van der Waals surface area contributed by atoms with Gasteiger partial charge in [-0.25, -0.2) is 8.42 Å². The van der Waals surface area contributed by atoms with Crippen LogP contribution in [-0.2, 0) is 14.8 Å². The zero-order valence-electron chi connectivity index (χ0n) is 18.0. The molecule has 1 aliphatic rings. The van der Waals surface area contributed by atoms with Crippen molar-refractivity contribution < 1.29 is 27.4 Å². The molecule has 174 valence electrons. The van der Waals surface area contributed by atoms with E-state index in [2.05, 4.69) is 15.5 Å². The number of nitrogens with one attached hydrogen (secondary N) is 1. The fourth-order valence-electron chi connectivity index (χ4n) is 3.24. The molecule has 0 aliphatic carbocycles. The fraction of sp³-hybridized carbons (Fsp3) is 0.286. The summed E-state index contributed by atoms with van der Waals surface area (Å²) >= 11 is 1.19. The molecule has 1 amide bonds. The van der Waals surface area contributed by atoms with Crippen molar-refractivity contribution in [2.75, 3.05) is 45.8 Å². The molecule has 1 N–H and O–H groups in total. The van der Waals surface area contributed by atoms with Crippen LogP contribution in [0.15, 0.2) is 47.4 Å². The van der Waals surface area contributed by atoms with Crippen LogP contribution < -0.4 is 14.8 Å². The zero-order chi connectivity index (χ0) is 23.4. The highest BCUT2D eigenvalue weighted by Crippen LogP contribution is 2.36. The molecular formula is C21H22N4O6S2. The normalized spacial score (nSPS) is 14.6. The summed E-state index contributed by atoms with van der Waals surface area (Å²) < 4.78 is 42.6. The van der Waals surface area contributed by atoms with Crippen molar-refractivity contribution in [1.82, 2.24) is 14.5 Å². The van der Waals surface area contributed by atoms with Gasteiger partial charge < -0.3 is 14.2 Å². The Morgan fingerprint density at radius 3 is 2.45 bits per heavy atom. The molecule has 2 heterocycles. The Morgan fingerprint density at radius 2 is 1.79 bits per heavy atom. The van der Waals surface area contributed by atoms with Crippen molar-refractivity contribution in [3.63, 3.8) is 0 Å². The lowest BCUT2D eigenvalue weighted by atomic mass is 10.2. The molecule has 10 nitrogen and oxygen atoms in total. The van der Waals surface area contributed by atoms with Crippen LogP contribution in [0, 0.1) is 0 Å². The lowest BCUT2D eigenvalue weighted by molar-refractivity contribution is 0.0730. The molecule has 2 aromatic carbocycles. The Morgan fingerprint density at radius 1 is 1.06 bits per heavy atom. The number of sulfonamides is 1.